The van der Waals surface area contributed by atoms with Gasteiger partial charge in [0.2, 0.25) is 73.6 Å². The normalized spacial score (nSPS) is 24.1. The average molecular weight is 1730 g/mol. The van der Waals surface area contributed by atoms with Crippen LogP contribution in [0.4, 0.5) is 0 Å². The Morgan fingerprint density at radius 3 is 0.944 bits per heavy atom. The minimum atomic E-state index is -1.16. The molecule has 9 aliphatic rings. The predicted molar refractivity (Wildman–Crippen MR) is 461 cm³/mol. The molecule has 8 aromatic rings. The van der Waals surface area contributed by atoms with Gasteiger partial charge in [0.15, 0.2) is 0 Å². The first-order valence-electron chi connectivity index (χ1n) is 43.1. The number of carbonyl (C=O) groups is 8. The van der Waals surface area contributed by atoms with E-state index in [2.05, 4.69) is 5.32 Å². The van der Waals surface area contributed by atoms with Crippen LogP contribution in [-0.2, 0) is 59.9 Å². The van der Waals surface area contributed by atoms with Gasteiger partial charge in [-0.3, -0.25) is 52.7 Å². The number of hydroxylamine groups is 2. The van der Waals surface area contributed by atoms with Crippen molar-refractivity contribution < 1.29 is 89.3 Å². The van der Waals surface area contributed by atoms with Crippen LogP contribution < -0.4 is 63.2 Å². The van der Waals surface area contributed by atoms with Crippen LogP contribution in [0.1, 0.15) is 247 Å². The van der Waals surface area contributed by atoms with Gasteiger partial charge in [0, 0.05) is 69.3 Å². The summed E-state index contributed by atoms with van der Waals surface area (Å²) in [5, 5.41) is 3.49. The van der Waals surface area contributed by atoms with Crippen molar-refractivity contribution in [1.29, 1.82) is 0 Å². The number of esters is 2. The summed E-state index contributed by atoms with van der Waals surface area (Å²) < 4.78 is 57.0. The molecule has 2 unspecified atom stereocenters. The van der Waals surface area contributed by atoms with Crippen LogP contribution in [0.25, 0.3) is 0 Å². The van der Waals surface area contributed by atoms with Crippen LogP contribution in [0.2, 0.25) is 0 Å². The fourth-order valence-electron chi connectivity index (χ4n) is 22.3. The summed E-state index contributed by atoms with van der Waals surface area (Å²) in [4.78, 5) is 161. The number of amides is 3. The number of imide groups is 1. The highest BCUT2D eigenvalue weighted by molar-refractivity contribution is 6.03. The first-order valence-corrected chi connectivity index (χ1v) is 43.1. The van der Waals surface area contributed by atoms with E-state index in [0.29, 0.717) is 88.9 Å². The fourth-order valence-corrected chi connectivity index (χ4v) is 22.3. The number of nitrogens with one attached hydrogen (secondary N) is 1. The lowest BCUT2D eigenvalue weighted by Gasteiger charge is -2.71. The highest BCUT2D eigenvalue weighted by Gasteiger charge is 2.69. The van der Waals surface area contributed by atoms with Gasteiger partial charge in [0.1, 0.15) is 37.6 Å². The van der Waals surface area contributed by atoms with Crippen molar-refractivity contribution in [3.8, 4) is 23.0 Å². The van der Waals surface area contributed by atoms with E-state index in [-0.39, 0.29) is 139 Å². The molecule has 126 heavy (non-hydrogen) atoms. The predicted octanol–water partition coefficient (Wildman–Crippen LogP) is 14.5. The molecule has 8 bridgehead atoms. The van der Waals surface area contributed by atoms with Crippen molar-refractivity contribution >= 4 is 47.2 Å². The maximum Gasteiger partial charge on any atom is 0.403 e. The molecule has 17 rings (SSSR count). The number of ketones is 2. The van der Waals surface area contributed by atoms with Crippen molar-refractivity contribution in [3.63, 3.8) is 0 Å². The minimum absolute atomic E-state index is 0.0164. The molecular formula is C98H113N5O23. The summed E-state index contributed by atoms with van der Waals surface area (Å²) in [6.45, 7) is 13.6. The van der Waals surface area contributed by atoms with Gasteiger partial charge in [0.05, 0.1) is 25.1 Å². The highest BCUT2D eigenvalue weighted by Crippen LogP contribution is 2.77. The van der Waals surface area contributed by atoms with Crippen molar-refractivity contribution in [2.45, 2.75) is 220 Å². The maximum atomic E-state index is 14.5. The fraction of sp³-hybridized carbons (Fsp3) is 0.469. The molecule has 8 saturated carbocycles. The molecule has 4 atom stereocenters. The summed E-state index contributed by atoms with van der Waals surface area (Å²) in [7, 11) is 0. The van der Waals surface area contributed by atoms with Crippen LogP contribution in [0.3, 0.4) is 0 Å². The Balaban J connectivity index is 0.000000218. The summed E-state index contributed by atoms with van der Waals surface area (Å²) in [5.74, 6) is -6.47. The Bertz CT molecular complexity index is 5130. The summed E-state index contributed by atoms with van der Waals surface area (Å²) in [6.07, 6.45) is 17.4. The molecular weight excluding hydrogens is 1620 g/mol. The number of rotatable bonds is 34. The number of hydrogen-bond acceptors (Lipinski definition) is 26. The zero-order valence-electron chi connectivity index (χ0n) is 72.4. The smallest absolute Gasteiger partial charge is 0.403 e. The summed E-state index contributed by atoms with van der Waals surface area (Å²) in [6, 6.07) is 41.4. The first-order chi connectivity index (χ1) is 60.0. The van der Waals surface area contributed by atoms with E-state index in [1.165, 1.54) is 30.7 Å². The first kappa shape index (κ1) is 91.8. The van der Waals surface area contributed by atoms with Crippen LogP contribution >= 0.6 is 0 Å². The van der Waals surface area contributed by atoms with Crippen LogP contribution in [-0.4, -0.2) is 89.6 Å². The standard InChI is InChI=1S/C61H63NO14.C20H37N3O2.C17H13NO7/c1-57(2,3)76-49(68)21-27-60-35-58(25-19-44(63)50-52(46(65)22-28-70-50)73-31-41-13-7-4-8-14-41)34-59(36-60,26-20-45(64)51-53(47(66)23-29-71-51)74-32-42-15-9-5-10-16-42)38-61(37-58,39-60)40-62-56(69)55-54(48(67)24-30-72-55)75-33-43-17-11-6-12-18-43;1-16(2,3)25-15(24)4-5-17-6-18(12-21)9-19(7-17,13-22)11-20(8-17,10-18)14-23;19-12-8-9-23-16(15(12)24-10-11-4-2-1-3-5-11)17(22)25-18-13(20)6-7-14(18)21/h4-18,22-24,28-30H,19-21,25-27,31-40H2,1-3H3,(H,62,69);4-14,21-23H2,1-3H3;1-5,8-9H,6-7,10H2/t58-,59+,60?,61?;;. The van der Waals surface area contributed by atoms with Gasteiger partial charge in [0.25, 0.3) is 23.5 Å². The van der Waals surface area contributed by atoms with Gasteiger partial charge >= 0.3 is 17.9 Å². The summed E-state index contributed by atoms with van der Waals surface area (Å²) in [5.41, 5.74) is 17.0. The van der Waals surface area contributed by atoms with Crippen molar-refractivity contribution in [1.82, 2.24) is 10.4 Å². The topological polar surface area (TPSA) is 415 Å². The lowest BCUT2D eigenvalue weighted by molar-refractivity contribution is -0.208. The molecule has 7 N–H and O–H groups in total. The summed E-state index contributed by atoms with van der Waals surface area (Å²) >= 11 is 0. The number of benzene rings is 4. The Hall–Kier alpha value is -11.9. The maximum absolute atomic E-state index is 14.5. The van der Waals surface area contributed by atoms with Gasteiger partial charge in [-0.1, -0.05) is 121 Å². The van der Waals surface area contributed by atoms with Crippen molar-refractivity contribution in [2.24, 2.45) is 60.5 Å². The minimum Gasteiger partial charge on any atom is -0.481 e. The van der Waals surface area contributed by atoms with Gasteiger partial charge in [-0.15, -0.1) is 5.06 Å². The molecule has 1 saturated heterocycles. The Kier molecular flexibility index (Phi) is 27.8. The highest BCUT2D eigenvalue weighted by atomic mass is 16.7. The van der Waals surface area contributed by atoms with Gasteiger partial charge in [-0.2, -0.15) is 0 Å². The molecule has 0 spiro atoms. The lowest BCUT2D eigenvalue weighted by atomic mass is 9.33. The largest absolute Gasteiger partial charge is 0.481 e. The molecule has 9 fully saturated rings. The van der Waals surface area contributed by atoms with E-state index < -0.39 is 95.6 Å². The van der Waals surface area contributed by atoms with Crippen LogP contribution in [0.15, 0.2) is 207 Å². The van der Waals surface area contributed by atoms with E-state index in [0.717, 1.165) is 85.8 Å². The second kappa shape index (κ2) is 38.1. The average Bonchev–Trinajstić information content (AvgIpc) is 0.690. The Labute approximate surface area is 730 Å². The number of nitrogens with two attached hydrogens (primary N) is 3. The van der Waals surface area contributed by atoms with E-state index in [1.54, 1.807) is 24.3 Å². The number of ether oxygens (including phenoxy) is 6. The second-order valence-corrected chi connectivity index (χ2v) is 38.3. The zero-order valence-corrected chi connectivity index (χ0v) is 72.4. The number of carbonyl (C=O) groups excluding carboxylic acids is 8. The quantitative estimate of drug-likeness (QED) is 0.0165. The third-order valence-corrected chi connectivity index (χ3v) is 25.6. The third-order valence-electron chi connectivity index (χ3n) is 25.6. The monoisotopic (exact) mass is 1730 g/mol. The molecule has 668 valence electrons. The molecule has 28 nitrogen and oxygen atoms in total. The van der Waals surface area contributed by atoms with Crippen LogP contribution in [0, 0.1) is 43.3 Å². The van der Waals surface area contributed by atoms with E-state index >= 15 is 0 Å². The Morgan fingerprint density at radius 1 is 0.357 bits per heavy atom. The molecule has 1 aliphatic heterocycles. The van der Waals surface area contributed by atoms with Gasteiger partial charge < -0.3 is 73.4 Å². The molecule has 3 amide bonds. The van der Waals surface area contributed by atoms with E-state index in [9.17, 15) is 57.5 Å². The van der Waals surface area contributed by atoms with E-state index in [4.69, 9.17) is 68.1 Å². The Morgan fingerprint density at radius 2 is 0.627 bits per heavy atom. The van der Waals surface area contributed by atoms with Gasteiger partial charge in [-0.25, -0.2) is 4.79 Å². The number of Topliss-reactive ketones (excluding diaryl/α,β-unsaturated/α-hetero) is 2. The molecule has 4 aromatic carbocycles. The molecule has 4 aromatic heterocycles. The van der Waals surface area contributed by atoms with E-state index in [1.807, 2.05) is 139 Å². The van der Waals surface area contributed by atoms with Crippen molar-refractivity contribution in [3.05, 3.63) is 257 Å². The number of hydrogen-bond donors (Lipinski definition) is 4. The number of nitrogens with zero attached hydrogens (tertiary/aromatic N) is 1. The molecule has 5 heterocycles. The van der Waals surface area contributed by atoms with Crippen LogP contribution in [0.5, 0.6) is 23.0 Å². The zero-order chi connectivity index (χ0) is 89.9. The molecule has 28 heteroatoms. The lowest BCUT2D eigenvalue weighted by Crippen LogP contribution is -2.66. The molecule has 0 radical (unpaired) electrons. The molecule has 8 aliphatic carbocycles. The van der Waals surface area contributed by atoms with Crippen molar-refractivity contribution in [2.75, 3.05) is 26.2 Å². The second-order valence-electron chi connectivity index (χ2n) is 38.3. The SMILES string of the molecule is CC(C)(C)OC(=O)CCC12CC3(CN)CC(CN)(CC(CN)(C3)C1)C2.CC(C)(C)OC(=O)CCC12CC3(CNC(=O)c4occc(=O)c4OCc4ccccc4)C[C@](CCC(=O)c4occc(=O)c4OCc4ccccc4)(C1)C[C@](CCC(=O)c1occc(=O)c1OCc1ccccc1)(C2)C3.O=C(ON1C(=O)CCC1=O)c1occc(=O)c1OCc1ccccc1. The van der Waals surface area contributed by atoms with Gasteiger partial charge in [-0.05, 0) is 229 Å². The third kappa shape index (κ3) is 22.1.